The molecule has 0 aliphatic heterocycles. The van der Waals surface area contributed by atoms with Crippen LogP contribution in [0.3, 0.4) is 0 Å². The fourth-order valence-corrected chi connectivity index (χ4v) is 2.68. The van der Waals surface area contributed by atoms with E-state index in [-0.39, 0.29) is 12.1 Å². The number of ether oxygens (including phenoxy) is 1. The molecule has 1 aromatic heterocycles. The number of carbonyl (C=O) groups is 2. The first-order chi connectivity index (χ1) is 13.2. The molecular formula is C17H11F6N3O3. The van der Waals surface area contributed by atoms with Crippen LogP contribution in [0.4, 0.5) is 32.0 Å². The van der Waals surface area contributed by atoms with E-state index >= 15 is 0 Å². The molecule has 0 aliphatic rings. The van der Waals surface area contributed by atoms with Crippen molar-refractivity contribution in [2.24, 2.45) is 0 Å². The average molecular weight is 419 g/mol. The molecule has 0 amide bonds. The highest BCUT2D eigenvalue weighted by molar-refractivity contribution is 6.01. The first-order valence-electron chi connectivity index (χ1n) is 7.57. The van der Waals surface area contributed by atoms with Crippen molar-refractivity contribution in [1.29, 1.82) is 5.26 Å². The van der Waals surface area contributed by atoms with Gasteiger partial charge in [0.2, 0.25) is 0 Å². The first kappa shape index (κ1) is 21.8. The number of aromatic nitrogens is 1. The molecule has 6 nitrogen and oxygen atoms in total. The second-order valence-corrected chi connectivity index (χ2v) is 5.75. The molecule has 2 N–H and O–H groups in total. The summed E-state index contributed by atoms with van der Waals surface area (Å²) in [5.41, 5.74) is -1.62. The molecule has 1 heterocycles. The predicted octanol–water partition coefficient (Wildman–Crippen LogP) is 3.96. The number of halogens is 6. The maximum Gasteiger partial charge on any atom is 0.417 e. The van der Waals surface area contributed by atoms with E-state index in [1.54, 1.807) is 6.07 Å². The van der Waals surface area contributed by atoms with Gasteiger partial charge in [0.25, 0.3) is 0 Å². The third kappa shape index (κ3) is 3.89. The van der Waals surface area contributed by atoms with Gasteiger partial charge < -0.3 is 15.0 Å². The normalized spacial score (nSPS) is 11.8. The highest BCUT2D eigenvalue weighted by atomic mass is 19.4. The number of methoxy groups -OCH3 is 1. The van der Waals surface area contributed by atoms with E-state index in [1.807, 2.05) is 0 Å². The van der Waals surface area contributed by atoms with Crippen LogP contribution in [0, 0.1) is 11.3 Å². The number of nitrogen functional groups attached to an aromatic ring is 1. The molecule has 0 unspecified atom stereocenters. The number of Topliss-reactive ketones (excluding diaryl/α,β-unsaturated/α-hetero) is 1. The SMILES string of the molecule is COC(=O)c1c(N)c(C#N)cn1-c1cc(C(F)(F)F)cc(C(F)(F)F)c1C(C)=O. The summed E-state index contributed by atoms with van der Waals surface area (Å²) in [6, 6.07) is 1.62. The van der Waals surface area contributed by atoms with Gasteiger partial charge in [0.05, 0.1) is 40.7 Å². The summed E-state index contributed by atoms with van der Waals surface area (Å²) >= 11 is 0. The number of esters is 1. The lowest BCUT2D eigenvalue weighted by Gasteiger charge is -2.20. The van der Waals surface area contributed by atoms with E-state index in [1.165, 1.54) is 0 Å². The molecule has 2 rings (SSSR count). The molecule has 154 valence electrons. The number of alkyl halides is 6. The number of nitriles is 1. The predicted molar refractivity (Wildman–Crippen MR) is 86.2 cm³/mol. The van der Waals surface area contributed by atoms with Gasteiger partial charge in [-0.1, -0.05) is 0 Å². The number of carbonyl (C=O) groups excluding carboxylic acids is 2. The van der Waals surface area contributed by atoms with Gasteiger partial charge in [-0.2, -0.15) is 31.6 Å². The monoisotopic (exact) mass is 419 g/mol. The zero-order valence-corrected chi connectivity index (χ0v) is 14.7. The summed E-state index contributed by atoms with van der Waals surface area (Å²) in [4.78, 5) is 24.0. The zero-order valence-electron chi connectivity index (χ0n) is 14.7. The van der Waals surface area contributed by atoms with Gasteiger partial charge in [0.1, 0.15) is 6.07 Å². The Hall–Kier alpha value is -3.49. The minimum Gasteiger partial charge on any atom is -0.464 e. The lowest BCUT2D eigenvalue weighted by molar-refractivity contribution is -0.143. The summed E-state index contributed by atoms with van der Waals surface area (Å²) in [6.45, 7) is 0.719. The zero-order chi connectivity index (χ0) is 22.3. The Morgan fingerprint density at radius 1 is 1.14 bits per heavy atom. The highest BCUT2D eigenvalue weighted by Crippen LogP contribution is 2.41. The number of hydrogen-bond acceptors (Lipinski definition) is 5. The van der Waals surface area contributed by atoms with Gasteiger partial charge in [0, 0.05) is 6.20 Å². The van der Waals surface area contributed by atoms with E-state index in [2.05, 4.69) is 4.74 Å². The molecule has 0 spiro atoms. The Morgan fingerprint density at radius 3 is 2.14 bits per heavy atom. The van der Waals surface area contributed by atoms with Crippen LogP contribution in [0.2, 0.25) is 0 Å². The molecule has 0 aliphatic carbocycles. The van der Waals surface area contributed by atoms with Crippen LogP contribution >= 0.6 is 0 Å². The first-order valence-corrected chi connectivity index (χ1v) is 7.57. The Balaban J connectivity index is 3.09. The summed E-state index contributed by atoms with van der Waals surface area (Å²) in [7, 11) is 0.893. The number of anilines is 1. The number of ketones is 1. The number of nitrogens with two attached hydrogens (primary N) is 1. The lowest BCUT2D eigenvalue weighted by Crippen LogP contribution is -2.20. The topological polar surface area (TPSA) is 98.1 Å². The second-order valence-electron chi connectivity index (χ2n) is 5.75. The van der Waals surface area contributed by atoms with Crippen molar-refractivity contribution in [3.05, 3.63) is 46.3 Å². The van der Waals surface area contributed by atoms with Gasteiger partial charge >= 0.3 is 18.3 Å². The van der Waals surface area contributed by atoms with Crippen LogP contribution in [-0.2, 0) is 17.1 Å². The Morgan fingerprint density at radius 2 is 1.72 bits per heavy atom. The maximum atomic E-state index is 13.5. The van der Waals surface area contributed by atoms with E-state index in [0.29, 0.717) is 4.57 Å². The highest BCUT2D eigenvalue weighted by Gasteiger charge is 2.41. The lowest BCUT2D eigenvalue weighted by atomic mass is 9.97. The number of rotatable bonds is 3. The van der Waals surface area contributed by atoms with Gasteiger partial charge in [-0.05, 0) is 19.1 Å². The molecule has 0 radical (unpaired) electrons. The Bertz CT molecular complexity index is 1040. The van der Waals surface area contributed by atoms with Crippen molar-refractivity contribution in [2.75, 3.05) is 12.8 Å². The molecule has 0 bridgehead atoms. The van der Waals surface area contributed by atoms with Crippen molar-refractivity contribution in [2.45, 2.75) is 19.3 Å². The average Bonchev–Trinajstić information content (AvgIpc) is 2.94. The third-order valence-electron chi connectivity index (χ3n) is 3.91. The summed E-state index contributed by atoms with van der Waals surface area (Å²) in [5, 5.41) is 9.08. The molecule has 0 atom stereocenters. The molecule has 1 aromatic carbocycles. The molecule has 0 saturated carbocycles. The van der Waals surface area contributed by atoms with Gasteiger partial charge in [-0.15, -0.1) is 0 Å². The third-order valence-corrected chi connectivity index (χ3v) is 3.91. The van der Waals surface area contributed by atoms with E-state index in [4.69, 9.17) is 11.0 Å². The molecule has 29 heavy (non-hydrogen) atoms. The van der Waals surface area contributed by atoms with E-state index in [0.717, 1.165) is 20.2 Å². The smallest absolute Gasteiger partial charge is 0.417 e. The van der Waals surface area contributed by atoms with Gasteiger partial charge in [-0.3, -0.25) is 4.79 Å². The maximum absolute atomic E-state index is 13.5. The fourth-order valence-electron chi connectivity index (χ4n) is 2.68. The molecule has 2 aromatic rings. The quantitative estimate of drug-likeness (QED) is 0.461. The van der Waals surface area contributed by atoms with Crippen molar-refractivity contribution in [3.8, 4) is 11.8 Å². The van der Waals surface area contributed by atoms with Crippen LogP contribution in [0.15, 0.2) is 18.3 Å². The van der Waals surface area contributed by atoms with Gasteiger partial charge in [-0.25, -0.2) is 4.79 Å². The van der Waals surface area contributed by atoms with Crippen molar-refractivity contribution < 1.29 is 40.7 Å². The summed E-state index contributed by atoms with van der Waals surface area (Å²) < 4.78 is 85.0. The number of hydrogen-bond donors (Lipinski definition) is 1. The van der Waals surface area contributed by atoms with Crippen molar-refractivity contribution >= 4 is 17.4 Å². The standard InChI is InChI=1S/C17H11F6N3O3/c1-7(27)12-10(17(21,22)23)3-9(16(18,19)20)4-11(12)26-6-8(5-24)13(25)14(26)15(28)29-2/h3-4,6H,25H2,1-2H3. The summed E-state index contributed by atoms with van der Waals surface area (Å²) in [5.74, 6) is -2.45. The number of benzene rings is 1. The Kier molecular flexibility index (Phi) is 5.38. The van der Waals surface area contributed by atoms with E-state index in [9.17, 15) is 35.9 Å². The fraction of sp³-hybridized carbons (Fsp3) is 0.235. The Labute approximate surface area is 159 Å². The van der Waals surface area contributed by atoms with E-state index < -0.39 is 63.4 Å². The van der Waals surface area contributed by atoms with Crippen LogP contribution in [0.1, 0.15) is 44.5 Å². The van der Waals surface area contributed by atoms with Crippen LogP contribution in [0.25, 0.3) is 5.69 Å². The number of nitrogens with zero attached hydrogens (tertiary/aromatic N) is 2. The molecule has 0 fully saturated rings. The van der Waals surface area contributed by atoms with Gasteiger partial charge in [0.15, 0.2) is 11.5 Å². The summed E-state index contributed by atoms with van der Waals surface area (Å²) in [6.07, 6.45) is -9.77. The molecule has 0 saturated heterocycles. The van der Waals surface area contributed by atoms with Crippen LogP contribution < -0.4 is 5.73 Å². The van der Waals surface area contributed by atoms with Crippen LogP contribution in [0.5, 0.6) is 0 Å². The van der Waals surface area contributed by atoms with Crippen LogP contribution in [-0.4, -0.2) is 23.4 Å². The molecular weight excluding hydrogens is 408 g/mol. The largest absolute Gasteiger partial charge is 0.464 e. The second kappa shape index (κ2) is 7.16. The molecule has 12 heteroatoms. The van der Waals surface area contributed by atoms with Crippen molar-refractivity contribution in [1.82, 2.24) is 4.57 Å². The van der Waals surface area contributed by atoms with Crippen molar-refractivity contribution in [3.63, 3.8) is 0 Å². The minimum absolute atomic E-state index is 0.198. The minimum atomic E-state index is -5.32.